The number of anilines is 1. The average molecular weight is 315 g/mol. The van der Waals surface area contributed by atoms with Gasteiger partial charge < -0.3 is 15.8 Å². The Hall–Kier alpha value is -1.59. The van der Waals surface area contributed by atoms with Crippen molar-refractivity contribution in [1.29, 1.82) is 0 Å². The summed E-state index contributed by atoms with van der Waals surface area (Å²) in [5.74, 6) is -0.557. The van der Waals surface area contributed by atoms with E-state index in [9.17, 15) is 9.59 Å². The molecule has 0 aromatic heterocycles. The highest BCUT2D eigenvalue weighted by Crippen LogP contribution is 2.14. The number of nitrogens with two attached hydrogens (primary N) is 1. The third-order valence-corrected chi connectivity index (χ3v) is 3.20. The zero-order valence-electron chi connectivity index (χ0n) is 12.6. The molecule has 0 aliphatic rings. The molecule has 1 aromatic rings. The maximum Gasteiger partial charge on any atom is 0.338 e. The lowest BCUT2D eigenvalue weighted by atomic mass is 9.99. The molecule has 0 aliphatic carbocycles. The van der Waals surface area contributed by atoms with Crippen LogP contribution in [0.2, 0.25) is 0 Å². The number of carbonyl (C=O) groups is 2. The number of benzene rings is 1. The first-order valence-corrected chi connectivity index (χ1v) is 6.83. The molecule has 1 amide bonds. The SMILES string of the molecule is CCOC(=O)c1cccc(NC(=O)C(N)C(C)CC)c1.Cl. The second-order valence-corrected chi connectivity index (χ2v) is 4.70. The minimum Gasteiger partial charge on any atom is -0.462 e. The highest BCUT2D eigenvalue weighted by molar-refractivity contribution is 5.97. The van der Waals surface area contributed by atoms with Gasteiger partial charge in [-0.05, 0) is 31.0 Å². The Bertz CT molecular complexity index is 480. The smallest absolute Gasteiger partial charge is 0.338 e. The molecule has 6 heteroatoms. The lowest BCUT2D eigenvalue weighted by molar-refractivity contribution is -0.118. The van der Waals surface area contributed by atoms with Gasteiger partial charge in [0.25, 0.3) is 0 Å². The monoisotopic (exact) mass is 314 g/mol. The summed E-state index contributed by atoms with van der Waals surface area (Å²) in [4.78, 5) is 23.6. The largest absolute Gasteiger partial charge is 0.462 e. The van der Waals surface area contributed by atoms with Crippen LogP contribution >= 0.6 is 12.4 Å². The first kappa shape index (κ1) is 19.4. The molecule has 0 aliphatic heterocycles. The number of esters is 1. The van der Waals surface area contributed by atoms with E-state index in [1.165, 1.54) is 0 Å². The second-order valence-electron chi connectivity index (χ2n) is 4.70. The average Bonchev–Trinajstić information content (AvgIpc) is 2.46. The minimum absolute atomic E-state index is 0. The molecule has 0 bridgehead atoms. The van der Waals surface area contributed by atoms with Gasteiger partial charge in [-0.3, -0.25) is 4.79 Å². The third-order valence-electron chi connectivity index (χ3n) is 3.20. The van der Waals surface area contributed by atoms with Crippen LogP contribution < -0.4 is 11.1 Å². The highest BCUT2D eigenvalue weighted by atomic mass is 35.5. The molecule has 118 valence electrons. The first-order valence-electron chi connectivity index (χ1n) is 6.83. The summed E-state index contributed by atoms with van der Waals surface area (Å²) >= 11 is 0. The molecule has 0 radical (unpaired) electrons. The van der Waals surface area contributed by atoms with E-state index in [4.69, 9.17) is 10.5 Å². The van der Waals surface area contributed by atoms with Crippen LogP contribution in [0.4, 0.5) is 5.69 Å². The van der Waals surface area contributed by atoms with E-state index in [1.54, 1.807) is 31.2 Å². The normalized spacial score (nSPS) is 12.8. The van der Waals surface area contributed by atoms with Crippen molar-refractivity contribution in [2.75, 3.05) is 11.9 Å². The number of carbonyl (C=O) groups excluding carboxylic acids is 2. The first-order chi connectivity index (χ1) is 9.49. The lowest BCUT2D eigenvalue weighted by Gasteiger charge is -2.17. The van der Waals surface area contributed by atoms with Gasteiger partial charge in [-0.15, -0.1) is 12.4 Å². The van der Waals surface area contributed by atoms with Crippen LogP contribution in [-0.2, 0) is 9.53 Å². The Morgan fingerprint density at radius 1 is 1.33 bits per heavy atom. The predicted molar refractivity (Wildman–Crippen MR) is 85.7 cm³/mol. The van der Waals surface area contributed by atoms with E-state index in [0.717, 1.165) is 6.42 Å². The molecule has 0 saturated heterocycles. The Kier molecular flexibility index (Phi) is 8.66. The lowest BCUT2D eigenvalue weighted by Crippen LogP contribution is -2.40. The van der Waals surface area contributed by atoms with Gasteiger partial charge >= 0.3 is 5.97 Å². The van der Waals surface area contributed by atoms with Gasteiger partial charge in [-0.1, -0.05) is 26.3 Å². The van der Waals surface area contributed by atoms with Crippen molar-refractivity contribution in [3.05, 3.63) is 29.8 Å². The molecular weight excluding hydrogens is 292 g/mol. The summed E-state index contributed by atoms with van der Waals surface area (Å²) in [6.07, 6.45) is 0.831. The van der Waals surface area contributed by atoms with E-state index in [1.807, 2.05) is 13.8 Å². The fourth-order valence-electron chi connectivity index (χ4n) is 1.68. The van der Waals surface area contributed by atoms with Crippen molar-refractivity contribution in [3.8, 4) is 0 Å². The fourth-order valence-corrected chi connectivity index (χ4v) is 1.68. The van der Waals surface area contributed by atoms with Gasteiger partial charge in [0, 0.05) is 5.69 Å². The van der Waals surface area contributed by atoms with Gasteiger partial charge in [0.15, 0.2) is 0 Å². The summed E-state index contributed by atoms with van der Waals surface area (Å²) in [6.45, 7) is 5.97. The Morgan fingerprint density at radius 2 is 2.00 bits per heavy atom. The quantitative estimate of drug-likeness (QED) is 0.791. The van der Waals surface area contributed by atoms with E-state index >= 15 is 0 Å². The van der Waals surface area contributed by atoms with E-state index in [-0.39, 0.29) is 24.2 Å². The van der Waals surface area contributed by atoms with Crippen molar-refractivity contribution in [2.24, 2.45) is 11.7 Å². The fraction of sp³-hybridized carbons (Fsp3) is 0.467. The van der Waals surface area contributed by atoms with Crippen LogP contribution in [0.25, 0.3) is 0 Å². The molecule has 1 aromatic carbocycles. The van der Waals surface area contributed by atoms with Crippen LogP contribution in [0.1, 0.15) is 37.6 Å². The van der Waals surface area contributed by atoms with Crippen molar-refractivity contribution in [3.63, 3.8) is 0 Å². The number of hydrogen-bond donors (Lipinski definition) is 2. The molecule has 0 heterocycles. The molecule has 0 spiro atoms. The Balaban J connectivity index is 0.00000400. The van der Waals surface area contributed by atoms with E-state index in [2.05, 4.69) is 5.32 Å². The molecule has 5 nitrogen and oxygen atoms in total. The number of ether oxygens (including phenoxy) is 1. The number of halogens is 1. The van der Waals surface area contributed by atoms with Gasteiger partial charge in [0.05, 0.1) is 18.2 Å². The number of nitrogens with one attached hydrogen (secondary N) is 1. The van der Waals surface area contributed by atoms with Crippen LogP contribution in [0.15, 0.2) is 24.3 Å². The van der Waals surface area contributed by atoms with Crippen molar-refractivity contribution >= 4 is 30.0 Å². The Labute approximate surface area is 131 Å². The maximum atomic E-state index is 12.0. The summed E-state index contributed by atoms with van der Waals surface area (Å²) in [6, 6.07) is 6.06. The van der Waals surface area contributed by atoms with E-state index < -0.39 is 12.0 Å². The summed E-state index contributed by atoms with van der Waals surface area (Å²) in [7, 11) is 0. The number of rotatable bonds is 6. The topological polar surface area (TPSA) is 81.4 Å². The summed E-state index contributed by atoms with van der Waals surface area (Å²) in [5, 5.41) is 2.72. The van der Waals surface area contributed by atoms with E-state index in [0.29, 0.717) is 17.9 Å². The van der Waals surface area contributed by atoms with Crippen LogP contribution in [0, 0.1) is 5.92 Å². The molecule has 3 N–H and O–H groups in total. The summed E-state index contributed by atoms with van der Waals surface area (Å²) in [5.41, 5.74) is 6.81. The van der Waals surface area contributed by atoms with Gasteiger partial charge in [0.2, 0.25) is 5.91 Å². The molecule has 1 rings (SSSR count). The molecule has 2 unspecified atom stereocenters. The van der Waals surface area contributed by atoms with Gasteiger partial charge in [-0.25, -0.2) is 4.79 Å². The number of hydrogen-bond acceptors (Lipinski definition) is 4. The highest BCUT2D eigenvalue weighted by Gasteiger charge is 2.19. The summed E-state index contributed by atoms with van der Waals surface area (Å²) < 4.78 is 4.91. The van der Waals surface area contributed by atoms with Gasteiger partial charge in [-0.2, -0.15) is 0 Å². The Morgan fingerprint density at radius 3 is 2.57 bits per heavy atom. The third kappa shape index (κ3) is 5.73. The minimum atomic E-state index is -0.564. The maximum absolute atomic E-state index is 12.0. The van der Waals surface area contributed by atoms with Crippen molar-refractivity contribution < 1.29 is 14.3 Å². The standard InChI is InChI=1S/C15H22N2O3.ClH/c1-4-10(3)13(16)14(18)17-12-8-6-7-11(9-12)15(19)20-5-2;/h6-10,13H,4-5,16H2,1-3H3,(H,17,18);1H. The van der Waals surface area contributed by atoms with Crippen molar-refractivity contribution in [2.45, 2.75) is 33.2 Å². The molecular formula is C15H23ClN2O3. The van der Waals surface area contributed by atoms with Crippen LogP contribution in [-0.4, -0.2) is 24.5 Å². The molecule has 0 saturated carbocycles. The number of amides is 1. The van der Waals surface area contributed by atoms with Crippen LogP contribution in [0.3, 0.4) is 0 Å². The predicted octanol–water partition coefficient (Wildman–Crippen LogP) is 2.60. The molecule has 2 atom stereocenters. The molecule has 21 heavy (non-hydrogen) atoms. The van der Waals surface area contributed by atoms with Gasteiger partial charge in [0.1, 0.15) is 0 Å². The van der Waals surface area contributed by atoms with Crippen LogP contribution in [0.5, 0.6) is 0 Å². The molecule has 0 fully saturated rings. The zero-order valence-corrected chi connectivity index (χ0v) is 13.4. The van der Waals surface area contributed by atoms with Crippen molar-refractivity contribution in [1.82, 2.24) is 0 Å². The second kappa shape index (κ2) is 9.37. The zero-order chi connectivity index (χ0) is 15.1.